The van der Waals surface area contributed by atoms with Gasteiger partial charge in [-0.2, -0.15) is 0 Å². The molecule has 0 fully saturated rings. The van der Waals surface area contributed by atoms with E-state index in [4.69, 9.17) is 0 Å². The van der Waals surface area contributed by atoms with Gasteiger partial charge >= 0.3 is 0 Å². The molecule has 0 saturated carbocycles. The number of aromatic nitrogens is 1. The zero-order chi connectivity index (χ0) is 9.84. The van der Waals surface area contributed by atoms with Gasteiger partial charge in [-0.15, -0.1) is 0 Å². The lowest BCUT2D eigenvalue weighted by atomic mass is 10.2. The van der Waals surface area contributed by atoms with Crippen LogP contribution in [0, 0.1) is 0 Å². The normalized spacial score (nSPS) is 9.69. The van der Waals surface area contributed by atoms with Crippen LogP contribution in [0.25, 0.3) is 0 Å². The van der Waals surface area contributed by atoms with E-state index in [-0.39, 0.29) is 11.7 Å². The van der Waals surface area contributed by atoms with E-state index in [9.17, 15) is 9.59 Å². The topological polar surface area (TPSA) is 62.0 Å². The van der Waals surface area contributed by atoms with Gasteiger partial charge in [-0.3, -0.25) is 9.59 Å². The van der Waals surface area contributed by atoms with E-state index >= 15 is 0 Å². The Hall–Kier alpha value is -1.58. The van der Waals surface area contributed by atoms with Crippen molar-refractivity contribution in [1.29, 1.82) is 0 Å². The van der Waals surface area contributed by atoms with E-state index < -0.39 is 0 Å². The molecule has 4 heteroatoms. The number of rotatable bonds is 3. The van der Waals surface area contributed by atoms with E-state index in [0.717, 1.165) is 0 Å². The lowest BCUT2D eigenvalue weighted by Gasteiger charge is -1.96. The number of H-pyrrole nitrogens is 1. The summed E-state index contributed by atoms with van der Waals surface area (Å²) in [6, 6.07) is 1.55. The van der Waals surface area contributed by atoms with Crippen molar-refractivity contribution in [2.24, 2.45) is 0 Å². The lowest BCUT2D eigenvalue weighted by Crippen LogP contribution is -2.22. The summed E-state index contributed by atoms with van der Waals surface area (Å²) in [5.41, 5.74) is 0.952. The van der Waals surface area contributed by atoms with Crippen LogP contribution in [-0.4, -0.2) is 23.2 Å². The molecule has 1 aromatic rings. The third-order valence-electron chi connectivity index (χ3n) is 1.67. The maximum Gasteiger partial charge on any atom is 0.267 e. The van der Waals surface area contributed by atoms with Crippen LogP contribution < -0.4 is 5.32 Å². The maximum atomic E-state index is 11.2. The van der Waals surface area contributed by atoms with E-state index in [1.807, 2.05) is 6.92 Å². The van der Waals surface area contributed by atoms with Gasteiger partial charge in [0.2, 0.25) is 0 Å². The molecule has 0 aliphatic rings. The Labute approximate surface area is 76.3 Å². The number of nitrogens with one attached hydrogen (secondary N) is 2. The molecule has 1 rings (SSSR count). The van der Waals surface area contributed by atoms with Gasteiger partial charge in [0.25, 0.3) is 5.91 Å². The number of carbonyl (C=O) groups is 2. The summed E-state index contributed by atoms with van der Waals surface area (Å²) in [6.07, 6.45) is 1.53. The highest BCUT2D eigenvalue weighted by atomic mass is 16.2. The standard InChI is InChI=1S/C9H12N2O2/c1-3-10-9(13)8-4-7(5-11-8)6(2)12/h4-5,11H,3H2,1-2H3,(H,10,13). The van der Waals surface area contributed by atoms with Crippen molar-refractivity contribution >= 4 is 11.7 Å². The molecule has 4 nitrogen and oxygen atoms in total. The summed E-state index contributed by atoms with van der Waals surface area (Å²) in [5, 5.41) is 2.63. The number of amides is 1. The molecule has 1 amide bonds. The van der Waals surface area contributed by atoms with Gasteiger partial charge in [0.05, 0.1) is 0 Å². The summed E-state index contributed by atoms with van der Waals surface area (Å²) in [4.78, 5) is 24.9. The Bertz CT molecular complexity index is 328. The van der Waals surface area contributed by atoms with E-state index in [1.165, 1.54) is 13.1 Å². The lowest BCUT2D eigenvalue weighted by molar-refractivity contribution is 0.0951. The second-order valence-corrected chi connectivity index (χ2v) is 2.72. The summed E-state index contributed by atoms with van der Waals surface area (Å²) >= 11 is 0. The van der Waals surface area contributed by atoms with E-state index in [0.29, 0.717) is 17.8 Å². The van der Waals surface area contributed by atoms with Crippen LogP contribution in [-0.2, 0) is 0 Å². The van der Waals surface area contributed by atoms with Gasteiger partial charge in [-0.1, -0.05) is 0 Å². The Morgan fingerprint density at radius 3 is 2.69 bits per heavy atom. The van der Waals surface area contributed by atoms with Gasteiger partial charge in [-0.05, 0) is 19.9 Å². The van der Waals surface area contributed by atoms with Crippen molar-refractivity contribution in [1.82, 2.24) is 10.3 Å². The summed E-state index contributed by atoms with van der Waals surface area (Å²) in [5.74, 6) is -0.234. The average Bonchev–Trinajstić information content (AvgIpc) is 2.52. The van der Waals surface area contributed by atoms with Crippen LogP contribution in [0.3, 0.4) is 0 Å². The number of carbonyl (C=O) groups excluding carboxylic acids is 2. The third kappa shape index (κ3) is 2.18. The highest BCUT2D eigenvalue weighted by molar-refractivity contribution is 5.98. The SMILES string of the molecule is CCNC(=O)c1cc(C(C)=O)c[nH]1. The first kappa shape index (κ1) is 9.51. The Kier molecular flexibility index (Phi) is 2.84. The van der Waals surface area contributed by atoms with Gasteiger partial charge in [-0.25, -0.2) is 0 Å². The van der Waals surface area contributed by atoms with Crippen LogP contribution in [0.1, 0.15) is 34.7 Å². The van der Waals surface area contributed by atoms with Gasteiger partial charge in [0.15, 0.2) is 5.78 Å². The Morgan fingerprint density at radius 2 is 2.23 bits per heavy atom. The second kappa shape index (κ2) is 3.89. The number of hydrogen-bond donors (Lipinski definition) is 2. The molecule has 0 atom stereocenters. The minimum Gasteiger partial charge on any atom is -0.356 e. The van der Waals surface area contributed by atoms with Gasteiger partial charge < -0.3 is 10.3 Å². The molecule has 0 bridgehead atoms. The molecule has 0 aliphatic heterocycles. The monoisotopic (exact) mass is 180 g/mol. The smallest absolute Gasteiger partial charge is 0.267 e. The van der Waals surface area contributed by atoms with E-state index in [2.05, 4.69) is 10.3 Å². The molecule has 1 aromatic heterocycles. The third-order valence-corrected chi connectivity index (χ3v) is 1.67. The van der Waals surface area contributed by atoms with Crippen molar-refractivity contribution < 1.29 is 9.59 Å². The average molecular weight is 180 g/mol. The molecule has 70 valence electrons. The fourth-order valence-electron chi connectivity index (χ4n) is 0.984. The van der Waals surface area contributed by atoms with Crippen molar-refractivity contribution in [2.45, 2.75) is 13.8 Å². The molecule has 0 saturated heterocycles. The zero-order valence-electron chi connectivity index (χ0n) is 7.68. The van der Waals surface area contributed by atoms with Crippen LogP contribution in [0.15, 0.2) is 12.3 Å². The molecule has 0 unspecified atom stereocenters. The van der Waals surface area contributed by atoms with Gasteiger partial charge in [0, 0.05) is 18.3 Å². The molecule has 1 heterocycles. The fraction of sp³-hybridized carbons (Fsp3) is 0.333. The molecular weight excluding hydrogens is 168 g/mol. The predicted molar refractivity (Wildman–Crippen MR) is 48.8 cm³/mol. The number of ketones is 1. The van der Waals surface area contributed by atoms with Crippen LogP contribution in [0.5, 0.6) is 0 Å². The summed E-state index contributed by atoms with van der Waals surface area (Å²) < 4.78 is 0. The molecule has 0 aromatic carbocycles. The molecule has 0 aliphatic carbocycles. The Balaban J connectivity index is 2.79. The number of Topliss-reactive ketones (excluding diaryl/α,β-unsaturated/α-hetero) is 1. The molecule has 2 N–H and O–H groups in total. The Morgan fingerprint density at radius 1 is 1.54 bits per heavy atom. The highest BCUT2D eigenvalue weighted by Gasteiger charge is 2.08. The quantitative estimate of drug-likeness (QED) is 0.681. The fourth-order valence-corrected chi connectivity index (χ4v) is 0.984. The van der Waals surface area contributed by atoms with Crippen LogP contribution in [0.4, 0.5) is 0 Å². The molecule has 0 spiro atoms. The largest absolute Gasteiger partial charge is 0.356 e. The van der Waals surface area contributed by atoms with Crippen LogP contribution >= 0.6 is 0 Å². The minimum absolute atomic E-state index is 0.0493. The van der Waals surface area contributed by atoms with Crippen molar-refractivity contribution in [3.05, 3.63) is 23.5 Å². The zero-order valence-corrected chi connectivity index (χ0v) is 7.68. The molecule has 13 heavy (non-hydrogen) atoms. The van der Waals surface area contributed by atoms with Crippen LogP contribution in [0.2, 0.25) is 0 Å². The number of aromatic amines is 1. The maximum absolute atomic E-state index is 11.2. The first-order valence-corrected chi connectivity index (χ1v) is 4.12. The molecule has 0 radical (unpaired) electrons. The van der Waals surface area contributed by atoms with Crippen molar-refractivity contribution in [3.63, 3.8) is 0 Å². The van der Waals surface area contributed by atoms with E-state index in [1.54, 1.807) is 6.07 Å². The highest BCUT2D eigenvalue weighted by Crippen LogP contribution is 2.03. The second-order valence-electron chi connectivity index (χ2n) is 2.72. The summed E-state index contributed by atoms with van der Waals surface area (Å²) in [6.45, 7) is 3.88. The minimum atomic E-state index is -0.185. The first-order valence-electron chi connectivity index (χ1n) is 4.12. The van der Waals surface area contributed by atoms with Crippen molar-refractivity contribution in [2.75, 3.05) is 6.54 Å². The van der Waals surface area contributed by atoms with Crippen molar-refractivity contribution in [3.8, 4) is 0 Å². The van der Waals surface area contributed by atoms with Gasteiger partial charge in [0.1, 0.15) is 5.69 Å². The first-order chi connectivity index (χ1) is 6.15. The summed E-state index contributed by atoms with van der Waals surface area (Å²) in [7, 11) is 0. The number of hydrogen-bond acceptors (Lipinski definition) is 2. The molecular formula is C9H12N2O2. The predicted octanol–water partition coefficient (Wildman–Crippen LogP) is 0.967.